The van der Waals surface area contributed by atoms with Crippen molar-refractivity contribution in [3.63, 3.8) is 0 Å². The van der Waals surface area contributed by atoms with Crippen molar-refractivity contribution in [1.82, 2.24) is 10.3 Å². The highest BCUT2D eigenvalue weighted by molar-refractivity contribution is 5.35. The Labute approximate surface area is 126 Å². The maximum Gasteiger partial charge on any atom is 0.120 e. The molecule has 2 aromatic rings. The second kappa shape index (κ2) is 6.72. The predicted octanol–water partition coefficient (Wildman–Crippen LogP) is 3.71. The van der Waals surface area contributed by atoms with Crippen LogP contribution in [0.25, 0.3) is 0 Å². The molecule has 0 amide bonds. The van der Waals surface area contributed by atoms with Crippen LogP contribution in [0.15, 0.2) is 48.7 Å². The molecule has 3 rings (SSSR count). The fourth-order valence-corrected chi connectivity index (χ4v) is 2.37. The average Bonchev–Trinajstić information content (AvgIpc) is 3.33. The van der Waals surface area contributed by atoms with Crippen molar-refractivity contribution in [3.05, 3.63) is 59.9 Å². The summed E-state index contributed by atoms with van der Waals surface area (Å²) in [7, 11) is 0. The molecule has 1 aliphatic rings. The van der Waals surface area contributed by atoms with Gasteiger partial charge >= 0.3 is 0 Å². The fraction of sp³-hybridized carbons (Fsp3) is 0.389. The Morgan fingerprint density at radius 2 is 2.14 bits per heavy atom. The summed E-state index contributed by atoms with van der Waals surface area (Å²) in [4.78, 5) is 4.51. The van der Waals surface area contributed by atoms with Crippen LogP contribution in [-0.4, -0.2) is 17.6 Å². The molecule has 1 atom stereocenters. The zero-order valence-electron chi connectivity index (χ0n) is 12.5. The summed E-state index contributed by atoms with van der Waals surface area (Å²) in [6.07, 6.45) is 5.74. The summed E-state index contributed by atoms with van der Waals surface area (Å²) in [6, 6.07) is 14.6. The number of nitrogens with one attached hydrogen (secondary N) is 1. The van der Waals surface area contributed by atoms with Gasteiger partial charge < -0.3 is 10.1 Å². The Kier molecular flexibility index (Phi) is 4.51. The predicted molar refractivity (Wildman–Crippen MR) is 84.5 cm³/mol. The standard InChI is InChI=1S/C18H22N2O/c1-2-11-20-18(17-8-3-4-12-19-17)14-6-5-7-16(13-14)21-15-9-10-15/h3-8,12-13,15,18,20H,2,9-11H2,1H3. The molecule has 1 unspecified atom stereocenters. The van der Waals surface area contributed by atoms with E-state index in [-0.39, 0.29) is 6.04 Å². The van der Waals surface area contributed by atoms with Gasteiger partial charge in [-0.3, -0.25) is 4.98 Å². The third-order valence-corrected chi connectivity index (χ3v) is 3.60. The molecule has 1 aliphatic carbocycles. The van der Waals surface area contributed by atoms with Gasteiger partial charge in [-0.2, -0.15) is 0 Å². The topological polar surface area (TPSA) is 34.1 Å². The molecule has 1 heterocycles. The van der Waals surface area contributed by atoms with E-state index in [9.17, 15) is 0 Å². The molecule has 0 bridgehead atoms. The molecular weight excluding hydrogens is 260 g/mol. The number of rotatable bonds is 7. The van der Waals surface area contributed by atoms with Gasteiger partial charge in [0.15, 0.2) is 0 Å². The van der Waals surface area contributed by atoms with E-state index in [4.69, 9.17) is 4.74 Å². The third kappa shape index (κ3) is 3.82. The third-order valence-electron chi connectivity index (χ3n) is 3.60. The van der Waals surface area contributed by atoms with E-state index in [1.54, 1.807) is 0 Å². The molecule has 1 aromatic carbocycles. The van der Waals surface area contributed by atoms with Crippen LogP contribution in [0, 0.1) is 0 Å². The van der Waals surface area contributed by atoms with E-state index in [0.29, 0.717) is 6.10 Å². The molecule has 0 radical (unpaired) electrons. The summed E-state index contributed by atoms with van der Waals surface area (Å²) in [5.74, 6) is 0.967. The second-order valence-corrected chi connectivity index (χ2v) is 5.53. The lowest BCUT2D eigenvalue weighted by atomic mass is 10.0. The highest BCUT2D eigenvalue weighted by Gasteiger charge is 2.24. The van der Waals surface area contributed by atoms with E-state index in [0.717, 1.165) is 24.4 Å². The van der Waals surface area contributed by atoms with E-state index in [1.807, 2.05) is 24.4 Å². The number of aromatic nitrogens is 1. The van der Waals surface area contributed by atoms with Gasteiger partial charge in [-0.1, -0.05) is 25.1 Å². The molecule has 0 saturated heterocycles. The highest BCUT2D eigenvalue weighted by atomic mass is 16.5. The Morgan fingerprint density at radius 3 is 2.86 bits per heavy atom. The molecule has 1 saturated carbocycles. The van der Waals surface area contributed by atoms with Crippen LogP contribution in [0.2, 0.25) is 0 Å². The normalized spacial score (nSPS) is 15.7. The first-order valence-electron chi connectivity index (χ1n) is 7.77. The Morgan fingerprint density at radius 1 is 1.24 bits per heavy atom. The number of ether oxygens (including phenoxy) is 1. The van der Waals surface area contributed by atoms with Crippen molar-refractivity contribution in [2.45, 2.75) is 38.3 Å². The van der Waals surface area contributed by atoms with Crippen LogP contribution in [-0.2, 0) is 0 Å². The SMILES string of the molecule is CCCNC(c1cccc(OC2CC2)c1)c1ccccn1. The van der Waals surface area contributed by atoms with E-state index in [2.05, 4.69) is 41.5 Å². The number of nitrogens with zero attached hydrogens (tertiary/aromatic N) is 1. The maximum atomic E-state index is 5.91. The average molecular weight is 282 g/mol. The van der Waals surface area contributed by atoms with E-state index < -0.39 is 0 Å². The minimum Gasteiger partial charge on any atom is -0.490 e. The largest absolute Gasteiger partial charge is 0.490 e. The Bertz CT molecular complexity index is 566. The zero-order valence-corrected chi connectivity index (χ0v) is 12.5. The van der Waals surface area contributed by atoms with Crippen LogP contribution in [0.1, 0.15) is 43.5 Å². The van der Waals surface area contributed by atoms with Crippen molar-refractivity contribution in [2.24, 2.45) is 0 Å². The van der Waals surface area contributed by atoms with Crippen LogP contribution in [0.3, 0.4) is 0 Å². The van der Waals surface area contributed by atoms with Crippen molar-refractivity contribution in [3.8, 4) is 5.75 Å². The van der Waals surface area contributed by atoms with Crippen LogP contribution < -0.4 is 10.1 Å². The Hall–Kier alpha value is -1.87. The minimum absolute atomic E-state index is 0.119. The van der Waals surface area contributed by atoms with Gasteiger partial charge in [0.25, 0.3) is 0 Å². The summed E-state index contributed by atoms with van der Waals surface area (Å²) in [5, 5.41) is 3.58. The maximum absolute atomic E-state index is 5.91. The van der Waals surface area contributed by atoms with Gasteiger partial charge in [-0.05, 0) is 55.6 Å². The Balaban J connectivity index is 1.84. The van der Waals surface area contributed by atoms with Crippen molar-refractivity contribution in [1.29, 1.82) is 0 Å². The lowest BCUT2D eigenvalue weighted by Crippen LogP contribution is -2.24. The molecule has 1 fully saturated rings. The second-order valence-electron chi connectivity index (χ2n) is 5.53. The zero-order chi connectivity index (χ0) is 14.5. The first kappa shape index (κ1) is 14.1. The lowest BCUT2D eigenvalue weighted by Gasteiger charge is -2.19. The van der Waals surface area contributed by atoms with E-state index >= 15 is 0 Å². The van der Waals surface area contributed by atoms with Crippen LogP contribution >= 0.6 is 0 Å². The molecule has 3 nitrogen and oxygen atoms in total. The minimum atomic E-state index is 0.119. The molecule has 110 valence electrons. The summed E-state index contributed by atoms with van der Waals surface area (Å²) in [6.45, 7) is 3.14. The van der Waals surface area contributed by atoms with Crippen LogP contribution in [0.5, 0.6) is 5.75 Å². The number of pyridine rings is 1. The smallest absolute Gasteiger partial charge is 0.120 e. The molecule has 3 heteroatoms. The van der Waals surface area contributed by atoms with Crippen molar-refractivity contribution < 1.29 is 4.74 Å². The summed E-state index contributed by atoms with van der Waals surface area (Å²) >= 11 is 0. The molecule has 0 aliphatic heterocycles. The fourth-order valence-electron chi connectivity index (χ4n) is 2.37. The first-order valence-corrected chi connectivity index (χ1v) is 7.77. The number of hydrogen-bond acceptors (Lipinski definition) is 3. The van der Waals surface area contributed by atoms with Gasteiger partial charge in [0, 0.05) is 6.20 Å². The van der Waals surface area contributed by atoms with Crippen molar-refractivity contribution >= 4 is 0 Å². The highest BCUT2D eigenvalue weighted by Crippen LogP contribution is 2.29. The monoisotopic (exact) mass is 282 g/mol. The molecule has 1 N–H and O–H groups in total. The quantitative estimate of drug-likeness (QED) is 0.840. The molecule has 21 heavy (non-hydrogen) atoms. The van der Waals surface area contributed by atoms with Gasteiger partial charge in [0.2, 0.25) is 0 Å². The summed E-state index contributed by atoms with van der Waals surface area (Å²) in [5.41, 5.74) is 2.26. The molecule has 1 aromatic heterocycles. The number of benzene rings is 1. The van der Waals surface area contributed by atoms with E-state index in [1.165, 1.54) is 18.4 Å². The summed E-state index contributed by atoms with van der Waals surface area (Å²) < 4.78 is 5.91. The van der Waals surface area contributed by atoms with Gasteiger partial charge in [0.1, 0.15) is 5.75 Å². The lowest BCUT2D eigenvalue weighted by molar-refractivity contribution is 0.302. The molecule has 0 spiro atoms. The van der Waals surface area contributed by atoms with Gasteiger partial charge in [0.05, 0.1) is 17.8 Å². The number of hydrogen-bond donors (Lipinski definition) is 1. The van der Waals surface area contributed by atoms with Crippen molar-refractivity contribution in [2.75, 3.05) is 6.54 Å². The van der Waals surface area contributed by atoms with Gasteiger partial charge in [-0.15, -0.1) is 0 Å². The van der Waals surface area contributed by atoms with Gasteiger partial charge in [-0.25, -0.2) is 0 Å². The molecular formula is C18H22N2O. The van der Waals surface area contributed by atoms with Crippen LogP contribution in [0.4, 0.5) is 0 Å². The first-order chi connectivity index (χ1) is 10.4.